The van der Waals surface area contributed by atoms with Gasteiger partial charge in [0.1, 0.15) is 0 Å². The van der Waals surface area contributed by atoms with Gasteiger partial charge in [-0.3, -0.25) is 14.3 Å². The molecule has 4 rings (SSSR count). The Hall–Kier alpha value is -4.00. The number of aromatic nitrogens is 3. The fourth-order valence-corrected chi connectivity index (χ4v) is 3.91. The van der Waals surface area contributed by atoms with E-state index in [4.69, 9.17) is 9.72 Å². The SMILES string of the molecule is COC(=O)CCc1ccccc1C(=O)N[C@H](C)c1cc(-c2cnn(C)c2)nc2ccccc12. The Bertz CT molecular complexity index is 1310. The van der Waals surface area contributed by atoms with Crippen molar-refractivity contribution in [2.75, 3.05) is 7.11 Å². The third-order valence-electron chi connectivity index (χ3n) is 5.65. The van der Waals surface area contributed by atoms with Crippen LogP contribution < -0.4 is 5.32 Å². The summed E-state index contributed by atoms with van der Waals surface area (Å²) in [4.78, 5) is 29.6. The second-order valence-electron chi connectivity index (χ2n) is 7.94. The number of esters is 1. The van der Waals surface area contributed by atoms with Crippen molar-refractivity contribution >= 4 is 22.8 Å². The van der Waals surface area contributed by atoms with Crippen LogP contribution in [-0.2, 0) is 23.0 Å². The van der Waals surface area contributed by atoms with E-state index in [1.807, 2.05) is 68.7 Å². The lowest BCUT2D eigenvalue weighted by molar-refractivity contribution is -0.140. The topological polar surface area (TPSA) is 86.1 Å². The first-order valence-corrected chi connectivity index (χ1v) is 10.8. The number of aryl methyl sites for hydroxylation is 2. The highest BCUT2D eigenvalue weighted by atomic mass is 16.5. The molecule has 33 heavy (non-hydrogen) atoms. The molecule has 0 fully saturated rings. The van der Waals surface area contributed by atoms with Gasteiger partial charge < -0.3 is 10.1 Å². The largest absolute Gasteiger partial charge is 0.469 e. The highest BCUT2D eigenvalue weighted by Gasteiger charge is 2.18. The van der Waals surface area contributed by atoms with Crippen LogP contribution in [0.2, 0.25) is 0 Å². The Morgan fingerprint density at radius 3 is 2.64 bits per heavy atom. The fraction of sp³-hybridized carbons (Fsp3) is 0.231. The predicted octanol–water partition coefficient (Wildman–Crippen LogP) is 4.23. The highest BCUT2D eigenvalue weighted by molar-refractivity contribution is 5.96. The van der Waals surface area contributed by atoms with Gasteiger partial charge in [-0.2, -0.15) is 5.10 Å². The molecule has 0 aliphatic rings. The molecule has 1 N–H and O–H groups in total. The smallest absolute Gasteiger partial charge is 0.305 e. The van der Waals surface area contributed by atoms with Gasteiger partial charge in [0.05, 0.1) is 30.6 Å². The highest BCUT2D eigenvalue weighted by Crippen LogP contribution is 2.29. The maximum Gasteiger partial charge on any atom is 0.305 e. The van der Waals surface area contributed by atoms with Gasteiger partial charge in [-0.05, 0) is 42.7 Å². The fourth-order valence-electron chi connectivity index (χ4n) is 3.91. The van der Waals surface area contributed by atoms with E-state index in [2.05, 4.69) is 10.4 Å². The van der Waals surface area contributed by atoms with Crippen LogP contribution in [0.15, 0.2) is 67.0 Å². The summed E-state index contributed by atoms with van der Waals surface area (Å²) in [5.41, 5.74) is 4.91. The van der Waals surface area contributed by atoms with Crippen LogP contribution in [0.1, 0.15) is 40.9 Å². The van der Waals surface area contributed by atoms with E-state index in [0.29, 0.717) is 12.0 Å². The molecule has 2 aromatic heterocycles. The van der Waals surface area contributed by atoms with Gasteiger partial charge in [0.2, 0.25) is 0 Å². The maximum atomic E-state index is 13.2. The number of hydrogen-bond acceptors (Lipinski definition) is 5. The van der Waals surface area contributed by atoms with Gasteiger partial charge in [0, 0.05) is 36.2 Å². The van der Waals surface area contributed by atoms with Gasteiger partial charge in [0.25, 0.3) is 5.91 Å². The molecule has 1 atom stereocenters. The zero-order chi connectivity index (χ0) is 23.4. The Kier molecular flexibility index (Phi) is 6.49. The molecule has 0 saturated heterocycles. The Balaban J connectivity index is 1.64. The Morgan fingerprint density at radius 1 is 1.12 bits per heavy atom. The number of nitrogens with one attached hydrogen (secondary N) is 1. The minimum Gasteiger partial charge on any atom is -0.469 e. The summed E-state index contributed by atoms with van der Waals surface area (Å²) in [6.07, 6.45) is 4.36. The van der Waals surface area contributed by atoms with Crippen LogP contribution in [-0.4, -0.2) is 33.8 Å². The van der Waals surface area contributed by atoms with E-state index in [-0.39, 0.29) is 24.3 Å². The van der Waals surface area contributed by atoms with E-state index in [0.717, 1.165) is 33.3 Å². The number of carbonyl (C=O) groups excluding carboxylic acids is 2. The molecular weight excluding hydrogens is 416 g/mol. The molecule has 2 aromatic carbocycles. The number of rotatable bonds is 7. The predicted molar refractivity (Wildman–Crippen MR) is 127 cm³/mol. The van der Waals surface area contributed by atoms with Crippen molar-refractivity contribution in [3.05, 3.63) is 83.7 Å². The molecule has 4 aromatic rings. The molecule has 7 heteroatoms. The Morgan fingerprint density at radius 2 is 1.88 bits per heavy atom. The number of methoxy groups -OCH3 is 1. The molecule has 0 aliphatic heterocycles. The van der Waals surface area contributed by atoms with Crippen LogP contribution >= 0.6 is 0 Å². The van der Waals surface area contributed by atoms with Crippen molar-refractivity contribution in [1.29, 1.82) is 0 Å². The van der Waals surface area contributed by atoms with E-state index < -0.39 is 0 Å². The molecule has 0 aliphatic carbocycles. The maximum absolute atomic E-state index is 13.2. The number of benzene rings is 2. The first kappa shape index (κ1) is 22.2. The van der Waals surface area contributed by atoms with Gasteiger partial charge in [0.15, 0.2) is 0 Å². The molecule has 168 valence electrons. The zero-order valence-corrected chi connectivity index (χ0v) is 18.9. The number of amides is 1. The molecular formula is C26H26N4O3. The quantitative estimate of drug-likeness (QED) is 0.433. The number of hydrogen-bond donors (Lipinski definition) is 1. The van der Waals surface area contributed by atoms with Gasteiger partial charge in [-0.25, -0.2) is 4.98 Å². The van der Waals surface area contributed by atoms with E-state index in [9.17, 15) is 9.59 Å². The van der Waals surface area contributed by atoms with E-state index >= 15 is 0 Å². The molecule has 1 amide bonds. The second kappa shape index (κ2) is 9.65. The van der Waals surface area contributed by atoms with Crippen LogP contribution in [0, 0.1) is 0 Å². The van der Waals surface area contributed by atoms with Crippen molar-refractivity contribution in [1.82, 2.24) is 20.1 Å². The number of para-hydroxylation sites is 1. The monoisotopic (exact) mass is 442 g/mol. The van der Waals surface area contributed by atoms with Crippen LogP contribution in [0.3, 0.4) is 0 Å². The Labute approximate surface area is 192 Å². The van der Waals surface area contributed by atoms with Crippen molar-refractivity contribution in [2.45, 2.75) is 25.8 Å². The molecule has 0 bridgehead atoms. The number of ether oxygens (including phenoxy) is 1. The lowest BCUT2D eigenvalue weighted by atomic mass is 9.98. The molecule has 0 saturated carbocycles. The van der Waals surface area contributed by atoms with Crippen molar-refractivity contribution in [2.24, 2.45) is 7.05 Å². The van der Waals surface area contributed by atoms with E-state index in [1.165, 1.54) is 7.11 Å². The molecule has 7 nitrogen and oxygen atoms in total. The number of pyridine rings is 1. The van der Waals surface area contributed by atoms with Gasteiger partial charge in [-0.1, -0.05) is 36.4 Å². The summed E-state index contributed by atoms with van der Waals surface area (Å²) in [7, 11) is 3.23. The summed E-state index contributed by atoms with van der Waals surface area (Å²) < 4.78 is 6.47. The van der Waals surface area contributed by atoms with Crippen molar-refractivity contribution < 1.29 is 14.3 Å². The number of carbonyl (C=O) groups is 2. The third kappa shape index (κ3) is 4.92. The minimum atomic E-state index is -0.301. The first-order chi connectivity index (χ1) is 16.0. The summed E-state index contributed by atoms with van der Waals surface area (Å²) in [6, 6.07) is 17.0. The molecule has 2 heterocycles. The summed E-state index contributed by atoms with van der Waals surface area (Å²) in [5.74, 6) is -0.489. The van der Waals surface area contributed by atoms with Crippen molar-refractivity contribution in [3.8, 4) is 11.3 Å². The van der Waals surface area contributed by atoms with Crippen LogP contribution in [0.5, 0.6) is 0 Å². The van der Waals surface area contributed by atoms with Crippen LogP contribution in [0.25, 0.3) is 22.2 Å². The summed E-state index contributed by atoms with van der Waals surface area (Å²) >= 11 is 0. The number of fused-ring (bicyclic) bond motifs is 1. The summed E-state index contributed by atoms with van der Waals surface area (Å²) in [6.45, 7) is 1.96. The van der Waals surface area contributed by atoms with Gasteiger partial charge >= 0.3 is 5.97 Å². The molecule has 0 unspecified atom stereocenters. The van der Waals surface area contributed by atoms with E-state index in [1.54, 1.807) is 16.9 Å². The first-order valence-electron chi connectivity index (χ1n) is 10.8. The lowest BCUT2D eigenvalue weighted by Crippen LogP contribution is -2.28. The average molecular weight is 443 g/mol. The standard InChI is InChI=1S/C26H26N4O3/c1-17(28-26(32)20-9-5-4-8-18(20)12-13-25(31)33-3)22-14-24(19-15-27-30(2)16-19)29-23-11-7-6-10-21(22)23/h4-11,14-17H,12-13H2,1-3H3,(H,28,32)/t17-/m1/s1. The van der Waals surface area contributed by atoms with Crippen LogP contribution in [0.4, 0.5) is 0 Å². The third-order valence-corrected chi connectivity index (χ3v) is 5.65. The number of nitrogens with zero attached hydrogens (tertiary/aromatic N) is 3. The molecule has 0 radical (unpaired) electrons. The van der Waals surface area contributed by atoms with Crippen molar-refractivity contribution in [3.63, 3.8) is 0 Å². The zero-order valence-electron chi connectivity index (χ0n) is 18.9. The second-order valence-corrected chi connectivity index (χ2v) is 7.94. The summed E-state index contributed by atoms with van der Waals surface area (Å²) in [5, 5.41) is 8.37. The minimum absolute atomic E-state index is 0.188. The normalized spacial score (nSPS) is 11.8. The average Bonchev–Trinajstić information content (AvgIpc) is 3.28. The lowest BCUT2D eigenvalue weighted by Gasteiger charge is -2.19. The molecule has 0 spiro atoms. The van der Waals surface area contributed by atoms with Gasteiger partial charge in [-0.15, -0.1) is 0 Å².